The van der Waals surface area contributed by atoms with Gasteiger partial charge in [0.1, 0.15) is 5.75 Å². The summed E-state index contributed by atoms with van der Waals surface area (Å²) in [6.07, 6.45) is 0. The van der Waals surface area contributed by atoms with Crippen LogP contribution < -0.4 is 14.8 Å². The lowest BCUT2D eigenvalue weighted by molar-refractivity contribution is 0.0954. The predicted octanol–water partition coefficient (Wildman–Crippen LogP) is 2.06. The van der Waals surface area contributed by atoms with Crippen LogP contribution >= 0.6 is 11.6 Å². The van der Waals surface area contributed by atoms with Crippen LogP contribution in [-0.4, -0.2) is 34.5 Å². The SMILES string of the molecule is COc1ccc(S(=O)(=O)NCCNC(=O)c2ccc(Cl)cc2)cc1. The molecule has 0 spiro atoms. The fourth-order valence-electron chi connectivity index (χ4n) is 1.90. The van der Waals surface area contributed by atoms with E-state index >= 15 is 0 Å². The number of amides is 1. The quantitative estimate of drug-likeness (QED) is 0.732. The maximum atomic E-state index is 12.1. The minimum Gasteiger partial charge on any atom is -0.497 e. The molecule has 0 saturated carbocycles. The van der Waals surface area contributed by atoms with Crippen LogP contribution in [0.25, 0.3) is 0 Å². The number of hydrogen-bond donors (Lipinski definition) is 2. The maximum Gasteiger partial charge on any atom is 0.251 e. The number of hydrogen-bond acceptors (Lipinski definition) is 4. The highest BCUT2D eigenvalue weighted by molar-refractivity contribution is 7.89. The molecule has 0 aliphatic heterocycles. The molecule has 2 aromatic rings. The summed E-state index contributed by atoms with van der Waals surface area (Å²) in [5, 5.41) is 3.17. The molecule has 0 aliphatic rings. The molecule has 8 heteroatoms. The number of halogens is 1. The van der Waals surface area contributed by atoms with E-state index in [0.29, 0.717) is 16.3 Å². The lowest BCUT2D eigenvalue weighted by Crippen LogP contribution is -2.34. The van der Waals surface area contributed by atoms with Crippen LogP contribution in [0.15, 0.2) is 53.4 Å². The van der Waals surface area contributed by atoms with Gasteiger partial charge in [-0.2, -0.15) is 0 Å². The second-order valence-corrected chi connectivity index (χ2v) is 7.04. The Bertz CT molecular complexity index is 790. The summed E-state index contributed by atoms with van der Waals surface area (Å²) in [5.41, 5.74) is 0.456. The van der Waals surface area contributed by atoms with Gasteiger partial charge in [-0.05, 0) is 48.5 Å². The van der Waals surface area contributed by atoms with E-state index in [4.69, 9.17) is 16.3 Å². The molecule has 0 atom stereocenters. The molecule has 2 aromatic carbocycles. The van der Waals surface area contributed by atoms with Gasteiger partial charge < -0.3 is 10.1 Å². The van der Waals surface area contributed by atoms with Crippen LogP contribution in [0.4, 0.5) is 0 Å². The van der Waals surface area contributed by atoms with Gasteiger partial charge in [0.2, 0.25) is 10.0 Å². The molecule has 2 rings (SSSR count). The van der Waals surface area contributed by atoms with Gasteiger partial charge in [-0.25, -0.2) is 13.1 Å². The second-order valence-electron chi connectivity index (χ2n) is 4.84. The molecule has 1 amide bonds. The Morgan fingerprint density at radius 2 is 1.67 bits per heavy atom. The number of ether oxygens (including phenoxy) is 1. The standard InChI is InChI=1S/C16H17ClN2O4S/c1-23-14-6-8-15(9-7-14)24(21,22)19-11-10-18-16(20)12-2-4-13(17)5-3-12/h2-9,19H,10-11H2,1H3,(H,18,20). The van der Waals surface area contributed by atoms with E-state index in [-0.39, 0.29) is 23.9 Å². The topological polar surface area (TPSA) is 84.5 Å². The second kappa shape index (κ2) is 8.14. The number of rotatable bonds is 7. The molecule has 0 aromatic heterocycles. The van der Waals surface area contributed by atoms with E-state index < -0.39 is 10.0 Å². The van der Waals surface area contributed by atoms with E-state index in [1.807, 2.05) is 0 Å². The van der Waals surface area contributed by atoms with Crippen molar-refractivity contribution in [2.75, 3.05) is 20.2 Å². The van der Waals surface area contributed by atoms with Crippen molar-refractivity contribution >= 4 is 27.5 Å². The zero-order valence-corrected chi connectivity index (χ0v) is 14.5. The maximum absolute atomic E-state index is 12.1. The van der Waals surface area contributed by atoms with Crippen LogP contribution in [0.3, 0.4) is 0 Å². The van der Waals surface area contributed by atoms with Crippen molar-refractivity contribution < 1.29 is 17.9 Å². The molecule has 24 heavy (non-hydrogen) atoms. The van der Waals surface area contributed by atoms with Crippen LogP contribution in [0.1, 0.15) is 10.4 Å². The largest absolute Gasteiger partial charge is 0.497 e. The van der Waals surface area contributed by atoms with Crippen molar-refractivity contribution in [3.63, 3.8) is 0 Å². The van der Waals surface area contributed by atoms with Gasteiger partial charge in [0.05, 0.1) is 12.0 Å². The molecule has 0 unspecified atom stereocenters. The summed E-state index contributed by atoms with van der Waals surface area (Å²) in [7, 11) is -2.12. The van der Waals surface area contributed by atoms with Crippen molar-refractivity contribution in [3.8, 4) is 5.75 Å². The van der Waals surface area contributed by atoms with Gasteiger partial charge in [-0.1, -0.05) is 11.6 Å². The average Bonchev–Trinajstić information content (AvgIpc) is 2.59. The molecule has 0 radical (unpaired) electrons. The third-order valence-electron chi connectivity index (χ3n) is 3.18. The van der Waals surface area contributed by atoms with E-state index in [9.17, 15) is 13.2 Å². The molecular formula is C16H17ClN2O4S. The number of nitrogens with one attached hydrogen (secondary N) is 2. The number of carbonyl (C=O) groups is 1. The molecule has 0 fully saturated rings. The van der Waals surface area contributed by atoms with Gasteiger partial charge in [-0.15, -0.1) is 0 Å². The van der Waals surface area contributed by atoms with Crippen molar-refractivity contribution in [1.82, 2.24) is 10.0 Å². The Balaban J connectivity index is 1.84. The molecule has 0 saturated heterocycles. The fraction of sp³-hybridized carbons (Fsp3) is 0.188. The predicted molar refractivity (Wildman–Crippen MR) is 92.0 cm³/mol. The molecule has 0 heterocycles. The van der Waals surface area contributed by atoms with E-state index in [0.717, 1.165) is 0 Å². The summed E-state index contributed by atoms with van der Waals surface area (Å²) in [5.74, 6) is 0.277. The monoisotopic (exact) mass is 368 g/mol. The highest BCUT2D eigenvalue weighted by Gasteiger charge is 2.13. The highest BCUT2D eigenvalue weighted by Crippen LogP contribution is 2.15. The Morgan fingerprint density at radius 1 is 1.04 bits per heavy atom. The zero-order chi connectivity index (χ0) is 17.6. The summed E-state index contributed by atoms with van der Waals surface area (Å²) < 4.78 is 31.6. The number of sulfonamides is 1. The lowest BCUT2D eigenvalue weighted by atomic mass is 10.2. The van der Waals surface area contributed by atoms with Gasteiger partial charge in [0, 0.05) is 23.7 Å². The smallest absolute Gasteiger partial charge is 0.251 e. The highest BCUT2D eigenvalue weighted by atomic mass is 35.5. The summed E-state index contributed by atoms with van der Waals surface area (Å²) in [6, 6.07) is 12.5. The number of methoxy groups -OCH3 is 1. The Labute approximate surface area is 145 Å². The van der Waals surface area contributed by atoms with Crippen LogP contribution in [-0.2, 0) is 10.0 Å². The first kappa shape index (κ1) is 18.3. The molecule has 0 bridgehead atoms. The van der Waals surface area contributed by atoms with Crippen LogP contribution in [0, 0.1) is 0 Å². The average molecular weight is 369 g/mol. The third kappa shape index (κ3) is 4.95. The van der Waals surface area contributed by atoms with Gasteiger partial charge in [-0.3, -0.25) is 4.79 Å². The third-order valence-corrected chi connectivity index (χ3v) is 4.91. The van der Waals surface area contributed by atoms with Crippen molar-refractivity contribution in [1.29, 1.82) is 0 Å². The summed E-state index contributed by atoms with van der Waals surface area (Å²) in [4.78, 5) is 12.0. The van der Waals surface area contributed by atoms with Gasteiger partial charge in [0.25, 0.3) is 5.91 Å². The molecular weight excluding hydrogens is 352 g/mol. The Kier molecular flexibility index (Phi) is 6.19. The Morgan fingerprint density at radius 3 is 2.25 bits per heavy atom. The van der Waals surface area contributed by atoms with Crippen molar-refractivity contribution in [2.45, 2.75) is 4.90 Å². The first-order chi connectivity index (χ1) is 11.4. The summed E-state index contributed by atoms with van der Waals surface area (Å²) in [6.45, 7) is 0.241. The van der Waals surface area contributed by atoms with Crippen molar-refractivity contribution in [2.24, 2.45) is 0 Å². The molecule has 6 nitrogen and oxygen atoms in total. The van der Waals surface area contributed by atoms with E-state index in [1.165, 1.54) is 19.2 Å². The van der Waals surface area contributed by atoms with Gasteiger partial charge >= 0.3 is 0 Å². The first-order valence-electron chi connectivity index (χ1n) is 7.10. The molecule has 128 valence electrons. The van der Waals surface area contributed by atoms with Crippen molar-refractivity contribution in [3.05, 3.63) is 59.1 Å². The zero-order valence-electron chi connectivity index (χ0n) is 13.0. The normalized spacial score (nSPS) is 11.1. The van der Waals surface area contributed by atoms with Gasteiger partial charge in [0.15, 0.2) is 0 Å². The summed E-state index contributed by atoms with van der Waals surface area (Å²) >= 11 is 5.75. The van der Waals surface area contributed by atoms with E-state index in [2.05, 4.69) is 10.0 Å². The first-order valence-corrected chi connectivity index (χ1v) is 8.96. The van der Waals surface area contributed by atoms with E-state index in [1.54, 1.807) is 36.4 Å². The number of benzene rings is 2. The minimum atomic E-state index is -3.63. The number of carbonyl (C=O) groups excluding carboxylic acids is 1. The van der Waals surface area contributed by atoms with Crippen LogP contribution in [0.2, 0.25) is 5.02 Å². The Hall–Kier alpha value is -2.09. The minimum absolute atomic E-state index is 0.0771. The molecule has 2 N–H and O–H groups in total. The van der Waals surface area contributed by atoms with Crippen LogP contribution in [0.5, 0.6) is 5.75 Å². The lowest BCUT2D eigenvalue weighted by Gasteiger charge is -2.09. The fourth-order valence-corrected chi connectivity index (χ4v) is 3.06. The molecule has 0 aliphatic carbocycles.